The highest BCUT2D eigenvalue weighted by Crippen LogP contribution is 2.41. The standard InChI is InChI=1S/C28H40N2O5/c1-3-5-7-9-11-13-17-23-19-15-21-25(29(31)32)27(23)35-28-24(18-14-12-10-8-6-4-2)20-16-22-26(28)30(33)34/h15-16,19-22H,3-14,17-18H2,1-2H3. The second-order valence-corrected chi connectivity index (χ2v) is 9.18. The molecule has 0 heterocycles. The van der Waals surface area contributed by atoms with Gasteiger partial charge in [0.2, 0.25) is 11.5 Å². The molecule has 0 amide bonds. The van der Waals surface area contributed by atoms with Crippen molar-refractivity contribution in [3.63, 3.8) is 0 Å². The van der Waals surface area contributed by atoms with E-state index in [0.717, 1.165) is 49.7 Å². The van der Waals surface area contributed by atoms with Crippen LogP contribution in [0.5, 0.6) is 11.5 Å². The number of nitrogens with zero attached hydrogens (tertiary/aromatic N) is 2. The van der Waals surface area contributed by atoms with E-state index >= 15 is 0 Å². The van der Waals surface area contributed by atoms with Gasteiger partial charge in [-0.25, -0.2) is 0 Å². The maximum atomic E-state index is 11.8. The van der Waals surface area contributed by atoms with Gasteiger partial charge in [-0.15, -0.1) is 0 Å². The number of ether oxygens (including phenoxy) is 1. The van der Waals surface area contributed by atoms with Gasteiger partial charge in [0.25, 0.3) is 0 Å². The first-order valence-electron chi connectivity index (χ1n) is 13.2. The maximum absolute atomic E-state index is 11.8. The fourth-order valence-electron chi connectivity index (χ4n) is 4.35. The predicted molar refractivity (Wildman–Crippen MR) is 140 cm³/mol. The Kier molecular flexibility index (Phi) is 12.8. The summed E-state index contributed by atoms with van der Waals surface area (Å²) in [6.45, 7) is 4.35. The van der Waals surface area contributed by atoms with Gasteiger partial charge < -0.3 is 4.74 Å². The smallest absolute Gasteiger partial charge is 0.311 e. The maximum Gasteiger partial charge on any atom is 0.311 e. The molecule has 35 heavy (non-hydrogen) atoms. The van der Waals surface area contributed by atoms with Crippen molar-refractivity contribution in [3.05, 3.63) is 67.8 Å². The summed E-state index contributed by atoms with van der Waals surface area (Å²) in [7, 11) is 0. The van der Waals surface area contributed by atoms with E-state index in [1.165, 1.54) is 50.7 Å². The predicted octanol–water partition coefficient (Wildman–Crippen LogP) is 9.10. The van der Waals surface area contributed by atoms with Gasteiger partial charge in [-0.3, -0.25) is 20.2 Å². The minimum absolute atomic E-state index is 0.129. The van der Waals surface area contributed by atoms with Crippen LogP contribution in [0.15, 0.2) is 36.4 Å². The fraction of sp³-hybridized carbons (Fsp3) is 0.571. The molecule has 192 valence electrons. The van der Waals surface area contributed by atoms with E-state index in [4.69, 9.17) is 4.74 Å². The van der Waals surface area contributed by atoms with Gasteiger partial charge in [-0.05, 0) is 25.7 Å². The highest BCUT2D eigenvalue weighted by atomic mass is 16.6. The third-order valence-corrected chi connectivity index (χ3v) is 6.35. The molecule has 2 aromatic carbocycles. The molecular formula is C28H40N2O5. The van der Waals surface area contributed by atoms with Crippen molar-refractivity contribution in [1.29, 1.82) is 0 Å². The molecule has 0 aliphatic heterocycles. The van der Waals surface area contributed by atoms with E-state index in [2.05, 4.69) is 13.8 Å². The van der Waals surface area contributed by atoms with Crippen molar-refractivity contribution < 1.29 is 14.6 Å². The molecule has 2 aromatic rings. The molecule has 0 atom stereocenters. The highest BCUT2D eigenvalue weighted by molar-refractivity contribution is 5.59. The number of aryl methyl sites for hydroxylation is 2. The number of rotatable bonds is 18. The third-order valence-electron chi connectivity index (χ3n) is 6.35. The molecule has 7 heteroatoms. The van der Waals surface area contributed by atoms with Crippen LogP contribution in [0.25, 0.3) is 0 Å². The first-order valence-corrected chi connectivity index (χ1v) is 13.2. The number of hydrogen-bond acceptors (Lipinski definition) is 5. The average molecular weight is 485 g/mol. The summed E-state index contributed by atoms with van der Waals surface area (Å²) >= 11 is 0. The summed E-state index contributed by atoms with van der Waals surface area (Å²) in [4.78, 5) is 22.7. The summed E-state index contributed by atoms with van der Waals surface area (Å²) in [6, 6.07) is 9.79. The zero-order valence-electron chi connectivity index (χ0n) is 21.3. The zero-order chi connectivity index (χ0) is 25.5. The van der Waals surface area contributed by atoms with Crippen LogP contribution in [0.1, 0.15) is 102 Å². The van der Waals surface area contributed by atoms with Crippen LogP contribution >= 0.6 is 0 Å². The number of benzene rings is 2. The summed E-state index contributed by atoms with van der Waals surface area (Å²) in [5.74, 6) is 0.258. The van der Waals surface area contributed by atoms with E-state index in [0.29, 0.717) is 12.8 Å². The lowest BCUT2D eigenvalue weighted by Crippen LogP contribution is -2.03. The zero-order valence-corrected chi connectivity index (χ0v) is 21.3. The molecule has 0 aliphatic rings. The molecule has 0 spiro atoms. The first-order chi connectivity index (χ1) is 17.0. The number of unbranched alkanes of at least 4 members (excludes halogenated alkanes) is 10. The van der Waals surface area contributed by atoms with E-state index in [1.54, 1.807) is 12.1 Å². The second kappa shape index (κ2) is 15.8. The van der Waals surface area contributed by atoms with E-state index < -0.39 is 9.85 Å². The van der Waals surface area contributed by atoms with Crippen molar-refractivity contribution in [2.75, 3.05) is 0 Å². The minimum Gasteiger partial charge on any atom is -0.442 e. The van der Waals surface area contributed by atoms with E-state index in [-0.39, 0.29) is 22.9 Å². The summed E-state index contributed by atoms with van der Waals surface area (Å²) in [5.41, 5.74) is 1.13. The van der Waals surface area contributed by atoms with Crippen LogP contribution in [0, 0.1) is 20.2 Å². The molecule has 0 bridgehead atoms. The monoisotopic (exact) mass is 484 g/mol. The molecule has 0 aliphatic carbocycles. The van der Waals surface area contributed by atoms with E-state index in [9.17, 15) is 20.2 Å². The van der Waals surface area contributed by atoms with Crippen molar-refractivity contribution in [2.24, 2.45) is 0 Å². The largest absolute Gasteiger partial charge is 0.442 e. The van der Waals surface area contributed by atoms with Crippen LogP contribution in [-0.4, -0.2) is 9.85 Å². The van der Waals surface area contributed by atoms with Gasteiger partial charge in [0.05, 0.1) is 9.85 Å². The molecule has 0 aromatic heterocycles. The molecule has 0 fully saturated rings. The Balaban J connectivity index is 2.27. The fourth-order valence-corrected chi connectivity index (χ4v) is 4.35. The van der Waals surface area contributed by atoms with Crippen molar-refractivity contribution in [2.45, 2.75) is 104 Å². The first kappa shape index (κ1) is 28.3. The van der Waals surface area contributed by atoms with Crippen LogP contribution in [-0.2, 0) is 12.8 Å². The third kappa shape index (κ3) is 9.30. The Labute approximate surface area is 209 Å². The topological polar surface area (TPSA) is 95.5 Å². The van der Waals surface area contributed by atoms with E-state index in [1.807, 2.05) is 12.1 Å². The molecule has 0 radical (unpaired) electrons. The summed E-state index contributed by atoms with van der Waals surface area (Å²) in [6.07, 6.45) is 14.6. The second-order valence-electron chi connectivity index (χ2n) is 9.18. The van der Waals surface area contributed by atoms with Gasteiger partial charge in [0, 0.05) is 23.3 Å². The normalized spacial score (nSPS) is 10.9. The van der Waals surface area contributed by atoms with Crippen LogP contribution in [0.3, 0.4) is 0 Å². The van der Waals surface area contributed by atoms with Gasteiger partial charge in [0.1, 0.15) is 0 Å². The van der Waals surface area contributed by atoms with Crippen LogP contribution in [0.4, 0.5) is 11.4 Å². The minimum atomic E-state index is -0.470. The van der Waals surface area contributed by atoms with Crippen molar-refractivity contribution in [1.82, 2.24) is 0 Å². The van der Waals surface area contributed by atoms with Gasteiger partial charge in [-0.2, -0.15) is 0 Å². The Morgan fingerprint density at radius 1 is 0.600 bits per heavy atom. The van der Waals surface area contributed by atoms with Crippen LogP contribution in [0.2, 0.25) is 0 Å². The number of hydrogen-bond donors (Lipinski definition) is 0. The number of nitro groups is 2. The van der Waals surface area contributed by atoms with Gasteiger partial charge in [-0.1, -0.05) is 102 Å². The molecule has 0 saturated heterocycles. The lowest BCUT2D eigenvalue weighted by Gasteiger charge is -2.15. The van der Waals surface area contributed by atoms with Crippen molar-refractivity contribution >= 4 is 11.4 Å². The molecule has 2 rings (SSSR count). The number of para-hydroxylation sites is 2. The Bertz CT molecular complexity index is 869. The number of nitro benzene ring substituents is 2. The van der Waals surface area contributed by atoms with Crippen molar-refractivity contribution in [3.8, 4) is 11.5 Å². The molecule has 7 nitrogen and oxygen atoms in total. The molecule has 0 saturated carbocycles. The molecular weight excluding hydrogens is 444 g/mol. The molecule has 0 N–H and O–H groups in total. The molecule has 0 unspecified atom stereocenters. The lowest BCUT2D eigenvalue weighted by atomic mass is 10.0. The Morgan fingerprint density at radius 2 is 0.971 bits per heavy atom. The van der Waals surface area contributed by atoms with Gasteiger partial charge >= 0.3 is 11.4 Å². The Hall–Kier alpha value is -2.96. The quantitative estimate of drug-likeness (QED) is 0.119. The average Bonchev–Trinajstić information content (AvgIpc) is 2.84. The van der Waals surface area contributed by atoms with Crippen LogP contribution < -0.4 is 4.74 Å². The highest BCUT2D eigenvalue weighted by Gasteiger charge is 2.25. The summed E-state index contributed by atoms with van der Waals surface area (Å²) < 4.78 is 6.13. The Morgan fingerprint density at radius 3 is 1.34 bits per heavy atom. The SMILES string of the molecule is CCCCCCCCc1cccc([N+](=O)[O-])c1Oc1c(CCCCCCCC)cccc1[N+](=O)[O-]. The lowest BCUT2D eigenvalue weighted by molar-refractivity contribution is -0.387. The van der Waals surface area contributed by atoms with Gasteiger partial charge in [0.15, 0.2) is 0 Å². The summed E-state index contributed by atoms with van der Waals surface area (Å²) in [5, 5.41) is 23.6.